The summed E-state index contributed by atoms with van der Waals surface area (Å²) in [5.74, 6) is 0.806. The molecule has 1 saturated carbocycles. The Morgan fingerprint density at radius 1 is 1.50 bits per heavy atom. The van der Waals surface area contributed by atoms with Gasteiger partial charge in [-0.15, -0.1) is 12.4 Å². The largest absolute Gasteiger partial charge is 0.359 e. The van der Waals surface area contributed by atoms with Crippen molar-refractivity contribution in [2.75, 3.05) is 13.2 Å². The maximum absolute atomic E-state index is 5.55. The summed E-state index contributed by atoms with van der Waals surface area (Å²) in [5.41, 5.74) is 0.0556. The molecule has 1 aliphatic heterocycles. The van der Waals surface area contributed by atoms with Crippen LogP contribution in [0.15, 0.2) is 0 Å². The number of hydrogen-bond acceptors (Lipinski definition) is 2. The van der Waals surface area contributed by atoms with E-state index < -0.39 is 0 Å². The summed E-state index contributed by atoms with van der Waals surface area (Å²) in [7, 11) is 0. The zero-order chi connectivity index (χ0) is 6.32. The third kappa shape index (κ3) is 1.29. The molecule has 0 spiro atoms. The van der Waals surface area contributed by atoms with Gasteiger partial charge in [-0.3, -0.25) is 5.32 Å². The van der Waals surface area contributed by atoms with Crippen LogP contribution in [0, 0.1) is 5.92 Å². The van der Waals surface area contributed by atoms with E-state index in [1.165, 1.54) is 12.8 Å². The monoisotopic (exact) mass is 163 g/mol. The second-order valence-corrected chi connectivity index (χ2v) is 3.16. The Kier molecular flexibility index (Phi) is 2.23. The van der Waals surface area contributed by atoms with Gasteiger partial charge in [0.15, 0.2) is 0 Å². The van der Waals surface area contributed by atoms with Crippen molar-refractivity contribution < 1.29 is 4.74 Å². The van der Waals surface area contributed by atoms with Gasteiger partial charge >= 0.3 is 0 Å². The smallest absolute Gasteiger partial charge is 0.119 e. The first-order chi connectivity index (χ1) is 4.31. The molecule has 1 heterocycles. The van der Waals surface area contributed by atoms with E-state index in [0.717, 1.165) is 19.1 Å². The first-order valence-corrected chi connectivity index (χ1v) is 3.70. The lowest BCUT2D eigenvalue weighted by Gasteiger charge is -2.22. The lowest BCUT2D eigenvalue weighted by molar-refractivity contribution is -0.0124. The molecule has 2 nitrogen and oxygen atoms in total. The molecule has 2 rings (SSSR count). The van der Waals surface area contributed by atoms with Gasteiger partial charge in [0.05, 0.1) is 6.61 Å². The second-order valence-electron chi connectivity index (χ2n) is 3.16. The Labute approximate surface area is 67.7 Å². The maximum Gasteiger partial charge on any atom is 0.119 e. The van der Waals surface area contributed by atoms with Crippen LogP contribution in [-0.4, -0.2) is 18.9 Å². The predicted octanol–water partition coefficient (Wildman–Crippen LogP) is 1.15. The Hall–Kier alpha value is 0.210. The van der Waals surface area contributed by atoms with E-state index in [4.69, 9.17) is 4.74 Å². The van der Waals surface area contributed by atoms with E-state index in [2.05, 4.69) is 12.2 Å². The Morgan fingerprint density at radius 2 is 2.20 bits per heavy atom. The molecule has 1 atom stereocenters. The summed E-state index contributed by atoms with van der Waals surface area (Å²) in [6.45, 7) is 4.09. The quantitative estimate of drug-likeness (QED) is 0.627. The molecule has 2 aliphatic rings. The first kappa shape index (κ1) is 8.31. The van der Waals surface area contributed by atoms with E-state index in [9.17, 15) is 0 Å². The molecule has 0 aromatic heterocycles. The van der Waals surface area contributed by atoms with Crippen LogP contribution in [0.25, 0.3) is 0 Å². The Bertz CT molecular complexity index is 119. The highest BCUT2D eigenvalue weighted by Crippen LogP contribution is 2.41. The van der Waals surface area contributed by atoms with E-state index in [-0.39, 0.29) is 18.1 Å². The fraction of sp³-hybridized carbons (Fsp3) is 1.00. The van der Waals surface area contributed by atoms with Gasteiger partial charge in [0.25, 0.3) is 0 Å². The van der Waals surface area contributed by atoms with Crippen molar-refractivity contribution in [3.63, 3.8) is 0 Å². The SMILES string of the molecule is CC1(C2CC2)NCCO1.Cl. The third-order valence-corrected chi connectivity index (χ3v) is 2.34. The lowest BCUT2D eigenvalue weighted by Crippen LogP contribution is -2.39. The van der Waals surface area contributed by atoms with Crippen molar-refractivity contribution in [2.24, 2.45) is 5.92 Å². The third-order valence-electron chi connectivity index (χ3n) is 2.34. The van der Waals surface area contributed by atoms with Gasteiger partial charge in [-0.2, -0.15) is 0 Å². The molecule has 10 heavy (non-hydrogen) atoms. The Balaban J connectivity index is 0.000000500. The van der Waals surface area contributed by atoms with Crippen LogP contribution in [-0.2, 0) is 4.74 Å². The minimum atomic E-state index is 0. The molecule has 3 heteroatoms. The molecule has 1 unspecified atom stereocenters. The average Bonchev–Trinajstić information content (AvgIpc) is 2.60. The molecule has 1 saturated heterocycles. The number of rotatable bonds is 1. The van der Waals surface area contributed by atoms with Crippen molar-refractivity contribution in [3.05, 3.63) is 0 Å². The molecule has 0 bridgehead atoms. The molecular formula is C7H14ClNO. The fourth-order valence-corrected chi connectivity index (χ4v) is 1.51. The van der Waals surface area contributed by atoms with Gasteiger partial charge in [-0.05, 0) is 19.8 Å². The van der Waals surface area contributed by atoms with Gasteiger partial charge in [0.2, 0.25) is 0 Å². The van der Waals surface area contributed by atoms with Crippen LogP contribution in [0.4, 0.5) is 0 Å². The summed E-state index contributed by atoms with van der Waals surface area (Å²) < 4.78 is 5.55. The summed E-state index contributed by atoms with van der Waals surface area (Å²) in [5, 5.41) is 3.37. The lowest BCUT2D eigenvalue weighted by atomic mass is 10.1. The highest BCUT2D eigenvalue weighted by Gasteiger charge is 2.44. The van der Waals surface area contributed by atoms with Crippen LogP contribution in [0.1, 0.15) is 19.8 Å². The highest BCUT2D eigenvalue weighted by molar-refractivity contribution is 5.85. The topological polar surface area (TPSA) is 21.3 Å². The van der Waals surface area contributed by atoms with Crippen molar-refractivity contribution in [1.29, 1.82) is 0 Å². The average molecular weight is 164 g/mol. The van der Waals surface area contributed by atoms with E-state index >= 15 is 0 Å². The van der Waals surface area contributed by atoms with Gasteiger partial charge in [0.1, 0.15) is 5.72 Å². The van der Waals surface area contributed by atoms with E-state index in [1.54, 1.807) is 0 Å². The van der Waals surface area contributed by atoms with E-state index in [1.807, 2.05) is 0 Å². The zero-order valence-corrected chi connectivity index (χ0v) is 7.04. The van der Waals surface area contributed by atoms with Crippen LogP contribution in [0.2, 0.25) is 0 Å². The summed E-state index contributed by atoms with van der Waals surface area (Å²) in [6.07, 6.45) is 2.70. The molecule has 1 N–H and O–H groups in total. The number of ether oxygens (including phenoxy) is 1. The highest BCUT2D eigenvalue weighted by atomic mass is 35.5. The van der Waals surface area contributed by atoms with Crippen molar-refractivity contribution in [3.8, 4) is 0 Å². The number of hydrogen-bond donors (Lipinski definition) is 1. The molecular weight excluding hydrogens is 150 g/mol. The second kappa shape index (κ2) is 2.68. The van der Waals surface area contributed by atoms with Gasteiger partial charge in [0, 0.05) is 12.5 Å². The molecule has 60 valence electrons. The van der Waals surface area contributed by atoms with Crippen molar-refractivity contribution in [1.82, 2.24) is 5.32 Å². The van der Waals surface area contributed by atoms with Gasteiger partial charge < -0.3 is 4.74 Å². The van der Waals surface area contributed by atoms with Crippen LogP contribution >= 0.6 is 12.4 Å². The number of halogens is 1. The first-order valence-electron chi connectivity index (χ1n) is 3.70. The maximum atomic E-state index is 5.55. The normalized spacial score (nSPS) is 39.3. The minimum absolute atomic E-state index is 0. The zero-order valence-electron chi connectivity index (χ0n) is 6.22. The molecule has 0 aromatic rings. The number of nitrogens with one attached hydrogen (secondary N) is 1. The minimum Gasteiger partial charge on any atom is -0.359 e. The van der Waals surface area contributed by atoms with E-state index in [0.29, 0.717) is 0 Å². The standard InChI is InChI=1S/C7H13NO.ClH/c1-7(6-2-3-6)8-4-5-9-7;/h6,8H,2-5H2,1H3;1H. The molecule has 2 fully saturated rings. The molecule has 1 aliphatic carbocycles. The van der Waals surface area contributed by atoms with Gasteiger partial charge in [-0.25, -0.2) is 0 Å². The molecule has 0 radical (unpaired) electrons. The summed E-state index contributed by atoms with van der Waals surface area (Å²) in [4.78, 5) is 0. The Morgan fingerprint density at radius 3 is 2.60 bits per heavy atom. The van der Waals surface area contributed by atoms with Crippen molar-refractivity contribution in [2.45, 2.75) is 25.5 Å². The molecule has 0 amide bonds. The summed E-state index contributed by atoms with van der Waals surface area (Å²) in [6, 6.07) is 0. The van der Waals surface area contributed by atoms with Gasteiger partial charge in [-0.1, -0.05) is 0 Å². The predicted molar refractivity (Wildman–Crippen MR) is 42.3 cm³/mol. The van der Waals surface area contributed by atoms with Crippen LogP contribution < -0.4 is 5.32 Å². The molecule has 0 aromatic carbocycles. The van der Waals surface area contributed by atoms with Crippen LogP contribution in [0.5, 0.6) is 0 Å². The summed E-state index contributed by atoms with van der Waals surface area (Å²) >= 11 is 0. The van der Waals surface area contributed by atoms with Crippen molar-refractivity contribution >= 4 is 12.4 Å². The van der Waals surface area contributed by atoms with Crippen LogP contribution in [0.3, 0.4) is 0 Å². The fourth-order valence-electron chi connectivity index (χ4n) is 1.51.